The molecule has 0 nitrogen and oxygen atoms in total. The van der Waals surface area contributed by atoms with Crippen LogP contribution in [0.25, 0.3) is 0 Å². The van der Waals surface area contributed by atoms with E-state index in [-0.39, 0.29) is 5.16 Å². The number of rotatable bonds is 9. The second-order valence-corrected chi connectivity index (χ2v) is 20.1. The van der Waals surface area contributed by atoms with Crippen LogP contribution < -0.4 is 31.1 Å². The summed E-state index contributed by atoms with van der Waals surface area (Å²) in [5.74, 6) is 0. The third-order valence-electron chi connectivity index (χ3n) is 9.37. The summed E-state index contributed by atoms with van der Waals surface area (Å²) in [5, 5.41) is 8.72. The average molecular weight is 609 g/mol. The normalized spacial score (nSPS) is 11.8. The Labute approximate surface area is 269 Å². The lowest BCUT2D eigenvalue weighted by Gasteiger charge is -2.51. The zero-order valence-electron chi connectivity index (χ0n) is 25.3. The van der Waals surface area contributed by atoms with Gasteiger partial charge in [0.15, 0.2) is 16.1 Å². The minimum absolute atomic E-state index is 0.158. The monoisotopic (exact) mass is 608 g/mol. The summed E-state index contributed by atoms with van der Waals surface area (Å²) < 4.78 is 0. The first kappa shape index (κ1) is 28.7. The van der Waals surface area contributed by atoms with E-state index in [0.717, 1.165) is 0 Å². The van der Waals surface area contributed by atoms with Crippen molar-refractivity contribution in [3.05, 3.63) is 218 Å². The van der Waals surface area contributed by atoms with Crippen molar-refractivity contribution in [1.82, 2.24) is 0 Å². The van der Waals surface area contributed by atoms with E-state index < -0.39 is 16.1 Å². The Balaban J connectivity index is 1.77. The van der Waals surface area contributed by atoms with Gasteiger partial charge in [0.05, 0.1) is 0 Å². The lowest BCUT2D eigenvalue weighted by molar-refractivity contribution is 1.24. The molecule has 0 aliphatic carbocycles. The zero-order chi connectivity index (χ0) is 30.4. The van der Waals surface area contributed by atoms with E-state index in [9.17, 15) is 0 Å². The van der Waals surface area contributed by atoms with E-state index in [4.69, 9.17) is 0 Å². The fraction of sp³-hybridized carbons (Fsp3) is 0.0233. The van der Waals surface area contributed by atoms with E-state index in [2.05, 4.69) is 212 Å². The Hall–Kier alpha value is -5.03. The first-order chi connectivity index (χ1) is 22.4. The van der Waals surface area contributed by atoms with Crippen LogP contribution in [-0.2, 0) is 0 Å². The van der Waals surface area contributed by atoms with Gasteiger partial charge in [0.1, 0.15) is 0 Å². The Kier molecular flexibility index (Phi) is 8.24. The van der Waals surface area contributed by atoms with Gasteiger partial charge >= 0.3 is 0 Å². The molecule has 0 heterocycles. The maximum absolute atomic E-state index is 2.92. The van der Waals surface area contributed by atoms with Crippen LogP contribution in [0.15, 0.2) is 212 Å². The molecule has 0 saturated carbocycles. The second kappa shape index (κ2) is 12.9. The van der Waals surface area contributed by atoms with Crippen molar-refractivity contribution in [2.75, 3.05) is 0 Å². The van der Waals surface area contributed by atoms with Crippen LogP contribution in [0.1, 0.15) is 10.7 Å². The van der Waals surface area contributed by atoms with Gasteiger partial charge in [-0.05, 0) is 41.8 Å². The fourth-order valence-corrected chi connectivity index (χ4v) is 23.0. The van der Waals surface area contributed by atoms with Gasteiger partial charge < -0.3 is 0 Å². The molecule has 7 rings (SSSR count). The average Bonchev–Trinajstić information content (AvgIpc) is 3.14. The van der Waals surface area contributed by atoms with Crippen LogP contribution in [-0.4, -0.2) is 16.1 Å². The quantitative estimate of drug-likeness (QED) is 0.136. The maximum atomic E-state index is 2.41. The molecule has 216 valence electrons. The van der Waals surface area contributed by atoms with E-state index in [1.54, 1.807) is 0 Å². The highest BCUT2D eigenvalue weighted by Gasteiger charge is 2.59. The van der Waals surface area contributed by atoms with Gasteiger partial charge in [0.2, 0.25) is 0 Å². The summed E-state index contributed by atoms with van der Waals surface area (Å²) in [6, 6.07) is 80.1. The molecule has 0 radical (unpaired) electrons. The summed E-state index contributed by atoms with van der Waals surface area (Å²) in [7, 11) is -5.83. The van der Waals surface area contributed by atoms with E-state index >= 15 is 0 Å². The highest BCUT2D eigenvalue weighted by atomic mass is 28.4. The predicted molar refractivity (Wildman–Crippen MR) is 197 cm³/mol. The van der Waals surface area contributed by atoms with Crippen LogP contribution in [0, 0.1) is 0 Å². The minimum atomic E-state index is -2.92. The molecule has 7 aromatic carbocycles. The standard InChI is InChI=1S/C43H36Si2/c1-8-22-36(23-9-1)43(44(37-24-10-2-11-25-37,38-26-12-3-13-27-38)39-28-14-4-15-29-39)45(40-30-16-5-17-31-40,41-32-18-6-19-33-41)42-34-20-7-21-35-42/h1-35,43H. The molecule has 0 aromatic heterocycles. The van der Waals surface area contributed by atoms with Gasteiger partial charge in [-0.2, -0.15) is 0 Å². The number of hydrogen-bond acceptors (Lipinski definition) is 0. The Morgan fingerprint density at radius 3 is 0.600 bits per heavy atom. The lowest BCUT2D eigenvalue weighted by Crippen LogP contribution is -2.83. The topological polar surface area (TPSA) is 0 Å². The van der Waals surface area contributed by atoms with Gasteiger partial charge in [-0.1, -0.05) is 212 Å². The van der Waals surface area contributed by atoms with Crippen molar-refractivity contribution >= 4 is 47.3 Å². The van der Waals surface area contributed by atoms with Gasteiger partial charge in [-0.15, -0.1) is 0 Å². The SMILES string of the molecule is c1ccc(C([Si](c2ccccc2)(c2ccccc2)c2ccccc2)[Si](c2ccccc2)(c2ccccc2)c2ccccc2)cc1. The van der Waals surface area contributed by atoms with Gasteiger partial charge in [0.25, 0.3) is 0 Å². The van der Waals surface area contributed by atoms with Crippen LogP contribution in [0.2, 0.25) is 0 Å². The molecule has 0 bridgehead atoms. The Morgan fingerprint density at radius 1 is 0.222 bits per heavy atom. The molecule has 0 fully saturated rings. The summed E-state index contributed by atoms with van der Waals surface area (Å²) in [5.41, 5.74) is 1.39. The molecule has 0 saturated heterocycles. The molecule has 0 aliphatic rings. The van der Waals surface area contributed by atoms with Crippen molar-refractivity contribution in [2.45, 2.75) is 5.16 Å². The molecule has 0 N–H and O–H groups in total. The minimum Gasteiger partial charge on any atom is -0.0624 e. The van der Waals surface area contributed by atoms with Crippen LogP contribution >= 0.6 is 0 Å². The van der Waals surface area contributed by atoms with Crippen molar-refractivity contribution < 1.29 is 0 Å². The number of benzene rings is 7. The van der Waals surface area contributed by atoms with Crippen molar-refractivity contribution in [3.8, 4) is 0 Å². The predicted octanol–water partition coefficient (Wildman–Crippen LogP) is 6.19. The van der Waals surface area contributed by atoms with Gasteiger partial charge in [0, 0.05) is 0 Å². The van der Waals surface area contributed by atoms with Crippen molar-refractivity contribution in [3.63, 3.8) is 0 Å². The summed E-state index contributed by atoms with van der Waals surface area (Å²) in [6.07, 6.45) is 0. The molecule has 0 aliphatic heterocycles. The van der Waals surface area contributed by atoms with E-state index in [1.807, 2.05) is 0 Å². The lowest BCUT2D eigenvalue weighted by atomic mass is 10.2. The first-order valence-corrected chi connectivity index (χ1v) is 19.9. The van der Waals surface area contributed by atoms with Gasteiger partial charge in [-0.25, -0.2) is 0 Å². The molecule has 45 heavy (non-hydrogen) atoms. The first-order valence-electron chi connectivity index (χ1n) is 15.7. The second-order valence-electron chi connectivity index (χ2n) is 11.7. The Morgan fingerprint density at radius 2 is 0.400 bits per heavy atom. The molecular weight excluding hydrogens is 573 g/mol. The summed E-state index contributed by atoms with van der Waals surface area (Å²) in [6.45, 7) is 0. The summed E-state index contributed by atoms with van der Waals surface area (Å²) >= 11 is 0. The third-order valence-corrected chi connectivity index (χ3v) is 21.8. The molecule has 0 spiro atoms. The van der Waals surface area contributed by atoms with Crippen molar-refractivity contribution in [2.24, 2.45) is 0 Å². The smallest absolute Gasteiger partial charge is 0.0624 e. The molecule has 2 heteroatoms. The largest absolute Gasteiger partial charge is 0.153 e. The maximum Gasteiger partial charge on any atom is 0.153 e. The Bertz CT molecular complexity index is 1590. The van der Waals surface area contributed by atoms with Crippen LogP contribution in [0.5, 0.6) is 0 Å². The zero-order valence-corrected chi connectivity index (χ0v) is 27.3. The molecular formula is C43H36Si2. The number of hydrogen-bond donors (Lipinski definition) is 0. The molecule has 7 aromatic rings. The van der Waals surface area contributed by atoms with Crippen LogP contribution in [0.3, 0.4) is 0 Å². The fourth-order valence-electron chi connectivity index (χ4n) is 7.68. The third kappa shape index (κ3) is 5.02. The van der Waals surface area contributed by atoms with Gasteiger partial charge in [-0.3, -0.25) is 0 Å². The highest BCUT2D eigenvalue weighted by Crippen LogP contribution is 2.36. The van der Waals surface area contributed by atoms with Crippen molar-refractivity contribution in [1.29, 1.82) is 0 Å². The summed E-state index contributed by atoms with van der Waals surface area (Å²) in [4.78, 5) is 0. The van der Waals surface area contributed by atoms with E-state index in [1.165, 1.54) is 36.7 Å². The van der Waals surface area contributed by atoms with Crippen LogP contribution in [0.4, 0.5) is 0 Å². The highest BCUT2D eigenvalue weighted by molar-refractivity contribution is 7.27. The molecule has 0 amide bonds. The van der Waals surface area contributed by atoms with E-state index in [0.29, 0.717) is 0 Å². The molecule has 0 unspecified atom stereocenters. The molecule has 0 atom stereocenters.